The molecule has 198 valence electrons. The van der Waals surface area contributed by atoms with Crippen LogP contribution in [-0.4, -0.2) is 34.1 Å². The monoisotopic (exact) mass is 593 g/mol. The highest BCUT2D eigenvalue weighted by Gasteiger charge is 2.45. The Balaban J connectivity index is 1.69. The van der Waals surface area contributed by atoms with Gasteiger partial charge in [0.1, 0.15) is 18.9 Å². The summed E-state index contributed by atoms with van der Waals surface area (Å²) in [4.78, 5) is 40.4. The topological polar surface area (TPSA) is 83.9 Å². The zero-order valence-electron chi connectivity index (χ0n) is 20.2. The highest BCUT2D eigenvalue weighted by Crippen LogP contribution is 2.52. The molecule has 0 atom stereocenters. The smallest absolute Gasteiger partial charge is 0.323 e. The van der Waals surface area contributed by atoms with Gasteiger partial charge in [-0.2, -0.15) is 0 Å². The molecule has 38 heavy (non-hydrogen) atoms. The number of ketones is 2. The molecule has 10 heteroatoms. The molecule has 6 nitrogen and oxygen atoms in total. The number of halogens is 4. The van der Waals surface area contributed by atoms with Crippen LogP contribution >= 0.6 is 46.4 Å². The van der Waals surface area contributed by atoms with Crippen molar-refractivity contribution in [3.05, 3.63) is 84.1 Å². The molecule has 2 aromatic carbocycles. The van der Waals surface area contributed by atoms with Crippen LogP contribution in [0, 0.1) is 0 Å². The Bertz CT molecular complexity index is 1390. The second-order valence-corrected chi connectivity index (χ2v) is 11.2. The van der Waals surface area contributed by atoms with E-state index < -0.39 is 11.9 Å². The molecule has 2 aliphatic carbocycles. The first kappa shape index (κ1) is 27.1. The summed E-state index contributed by atoms with van der Waals surface area (Å²) in [6.45, 7) is -0.262. The van der Waals surface area contributed by atoms with Gasteiger partial charge in [0.2, 0.25) is 0 Å². The summed E-state index contributed by atoms with van der Waals surface area (Å²) >= 11 is 25.5. The highest BCUT2D eigenvalue weighted by molar-refractivity contribution is 6.36. The lowest BCUT2D eigenvalue weighted by molar-refractivity contribution is -0.138. The van der Waals surface area contributed by atoms with Gasteiger partial charge in [0.05, 0.1) is 5.02 Å². The third-order valence-electron chi connectivity index (χ3n) is 7.12. The van der Waals surface area contributed by atoms with E-state index in [0.717, 1.165) is 0 Å². The number of hydrogen-bond acceptors (Lipinski definition) is 5. The van der Waals surface area contributed by atoms with Crippen molar-refractivity contribution in [3.8, 4) is 5.75 Å². The number of benzene rings is 2. The number of ether oxygens (including phenoxy) is 1. The third kappa shape index (κ3) is 5.07. The SMILES string of the molecule is O=C(O)CN1C2=C(C(=O)CCC2)C(c2cc(Cl)cc(Cl)c2OCc2ccc(Cl)cc2Cl)C2=C1CCCC2=O. The molecule has 5 rings (SSSR count). The van der Waals surface area contributed by atoms with Gasteiger partial charge in [-0.15, -0.1) is 0 Å². The van der Waals surface area contributed by atoms with Crippen LogP contribution in [0.15, 0.2) is 52.9 Å². The van der Waals surface area contributed by atoms with Crippen molar-refractivity contribution in [2.24, 2.45) is 0 Å². The van der Waals surface area contributed by atoms with E-state index in [-0.39, 0.29) is 35.5 Å². The van der Waals surface area contributed by atoms with E-state index in [1.54, 1.807) is 35.2 Å². The van der Waals surface area contributed by atoms with Crippen LogP contribution in [-0.2, 0) is 21.0 Å². The predicted molar refractivity (Wildman–Crippen MR) is 146 cm³/mol. The largest absolute Gasteiger partial charge is 0.487 e. The average Bonchev–Trinajstić information content (AvgIpc) is 2.85. The van der Waals surface area contributed by atoms with Gasteiger partial charge in [0, 0.05) is 67.5 Å². The van der Waals surface area contributed by atoms with E-state index in [2.05, 4.69) is 0 Å². The van der Waals surface area contributed by atoms with E-state index >= 15 is 0 Å². The van der Waals surface area contributed by atoms with Crippen molar-refractivity contribution in [2.75, 3.05) is 6.54 Å². The van der Waals surface area contributed by atoms with Gasteiger partial charge in [-0.3, -0.25) is 14.4 Å². The van der Waals surface area contributed by atoms with Crippen molar-refractivity contribution >= 4 is 63.9 Å². The fourth-order valence-electron chi connectivity index (χ4n) is 5.59. The van der Waals surface area contributed by atoms with Crippen LogP contribution in [0.4, 0.5) is 0 Å². The number of carboxylic acid groups (broad SMARTS) is 1. The van der Waals surface area contributed by atoms with Gasteiger partial charge in [-0.25, -0.2) is 0 Å². The second-order valence-electron chi connectivity index (χ2n) is 9.52. The molecule has 1 aliphatic heterocycles. The maximum Gasteiger partial charge on any atom is 0.323 e. The van der Waals surface area contributed by atoms with Crippen LogP contribution in [0.3, 0.4) is 0 Å². The van der Waals surface area contributed by atoms with Crippen molar-refractivity contribution in [3.63, 3.8) is 0 Å². The zero-order valence-corrected chi connectivity index (χ0v) is 23.2. The molecule has 0 spiro atoms. The zero-order chi connectivity index (χ0) is 27.1. The lowest BCUT2D eigenvalue weighted by Gasteiger charge is -2.43. The number of carbonyl (C=O) groups excluding carboxylic acids is 2. The molecule has 0 saturated carbocycles. The summed E-state index contributed by atoms with van der Waals surface area (Å²) < 4.78 is 6.21. The maximum atomic E-state index is 13.5. The first-order valence-electron chi connectivity index (χ1n) is 12.2. The molecule has 0 amide bonds. The maximum absolute atomic E-state index is 13.5. The summed E-state index contributed by atoms with van der Waals surface area (Å²) in [6.07, 6.45) is 2.87. The van der Waals surface area contributed by atoms with E-state index in [4.69, 9.17) is 51.1 Å². The summed E-state index contributed by atoms with van der Waals surface area (Å²) in [7, 11) is 0. The molecule has 1 N–H and O–H groups in total. The Hall–Kier alpha value is -2.51. The number of Topliss-reactive ketones (excluding diaryl/α,β-unsaturated/α-hetero) is 2. The minimum absolute atomic E-state index is 0.0575. The average molecular weight is 595 g/mol. The van der Waals surface area contributed by atoms with Crippen molar-refractivity contribution < 1.29 is 24.2 Å². The fourth-order valence-corrected chi connectivity index (χ4v) is 6.62. The standard InChI is InChI=1S/C28H23Cl4NO5/c29-15-8-7-14(18(31)10-15)13-38-28-17(9-16(30)11-19(28)32)25-26-20(3-1-5-22(26)34)33(12-24(36)37)21-4-2-6-23(35)27(21)25/h7-11,25H,1-6,12-13H2,(H,36,37). The van der Waals surface area contributed by atoms with Gasteiger partial charge in [-0.05, 0) is 49.9 Å². The Morgan fingerprint density at radius 3 is 2.05 bits per heavy atom. The number of carboxylic acids is 1. The Morgan fingerprint density at radius 1 is 0.868 bits per heavy atom. The van der Waals surface area contributed by atoms with Gasteiger partial charge < -0.3 is 14.7 Å². The van der Waals surface area contributed by atoms with Crippen LogP contribution in [0.5, 0.6) is 5.75 Å². The number of hydrogen-bond donors (Lipinski definition) is 1. The molecular weight excluding hydrogens is 572 g/mol. The number of rotatable bonds is 6. The molecule has 2 aromatic rings. The van der Waals surface area contributed by atoms with Gasteiger partial charge in [0.25, 0.3) is 0 Å². The van der Waals surface area contributed by atoms with Crippen LogP contribution in [0.25, 0.3) is 0 Å². The molecule has 0 aromatic heterocycles. The summed E-state index contributed by atoms with van der Waals surface area (Å²) in [5, 5.41) is 11.1. The highest BCUT2D eigenvalue weighted by atomic mass is 35.5. The first-order valence-corrected chi connectivity index (χ1v) is 13.7. The van der Waals surface area contributed by atoms with Crippen LogP contribution in [0.1, 0.15) is 55.6 Å². The quantitative estimate of drug-likeness (QED) is 0.376. The fraction of sp³-hybridized carbons (Fsp3) is 0.321. The van der Waals surface area contributed by atoms with E-state index in [0.29, 0.717) is 87.3 Å². The van der Waals surface area contributed by atoms with Gasteiger partial charge in [0.15, 0.2) is 11.6 Å². The second kappa shape index (κ2) is 10.9. The number of allylic oxidation sites excluding steroid dienone is 4. The van der Waals surface area contributed by atoms with Crippen molar-refractivity contribution in [1.29, 1.82) is 0 Å². The molecule has 0 fully saturated rings. The molecule has 1 heterocycles. The van der Waals surface area contributed by atoms with Crippen molar-refractivity contribution in [2.45, 2.75) is 51.0 Å². The Morgan fingerprint density at radius 2 is 1.47 bits per heavy atom. The van der Waals surface area contributed by atoms with Crippen LogP contribution in [0.2, 0.25) is 20.1 Å². The number of carbonyl (C=O) groups is 3. The lowest BCUT2D eigenvalue weighted by Crippen LogP contribution is -2.41. The third-order valence-corrected chi connectivity index (χ3v) is 8.20. The molecule has 0 bridgehead atoms. The van der Waals surface area contributed by atoms with Crippen molar-refractivity contribution in [1.82, 2.24) is 4.90 Å². The molecule has 3 aliphatic rings. The molecule has 0 unspecified atom stereocenters. The lowest BCUT2D eigenvalue weighted by atomic mass is 9.70. The number of nitrogens with zero attached hydrogens (tertiary/aromatic N) is 1. The molecule has 0 radical (unpaired) electrons. The minimum Gasteiger partial charge on any atom is -0.487 e. The summed E-state index contributed by atoms with van der Waals surface area (Å²) in [5.41, 5.74) is 3.29. The van der Waals surface area contributed by atoms with Gasteiger partial charge in [-0.1, -0.05) is 52.5 Å². The first-order chi connectivity index (χ1) is 18.2. The normalized spacial score (nSPS) is 18.1. The molecular formula is C28H23Cl4NO5. The molecule has 0 saturated heterocycles. The van der Waals surface area contributed by atoms with E-state index in [1.807, 2.05) is 0 Å². The van der Waals surface area contributed by atoms with Gasteiger partial charge >= 0.3 is 5.97 Å². The number of aliphatic carboxylic acids is 1. The van der Waals surface area contributed by atoms with E-state index in [9.17, 15) is 19.5 Å². The summed E-state index contributed by atoms with van der Waals surface area (Å²) in [6, 6.07) is 8.27. The summed E-state index contributed by atoms with van der Waals surface area (Å²) in [5.74, 6) is -1.77. The Labute approximate surface area is 239 Å². The minimum atomic E-state index is -1.03. The van der Waals surface area contributed by atoms with E-state index in [1.165, 1.54) is 0 Å². The van der Waals surface area contributed by atoms with Crippen LogP contribution < -0.4 is 4.74 Å². The predicted octanol–water partition coefficient (Wildman–Crippen LogP) is 7.38. The Kier molecular flexibility index (Phi) is 7.79.